The predicted octanol–water partition coefficient (Wildman–Crippen LogP) is 2.57. The van der Waals surface area contributed by atoms with Crippen LogP contribution in [0, 0.1) is 19.7 Å². The number of nitrogens with zero attached hydrogens (tertiary/aromatic N) is 2. The number of methoxy groups -OCH3 is 1. The molecule has 0 spiro atoms. The SMILES string of the molecule is COC(=O)c1ccc(F)cc1NCc1c(C)nn(C)c1C. The standard InChI is InChI=1S/C15H18FN3O2/c1-9-13(10(2)19(3)18-9)8-17-14-7-11(16)5-6-12(14)15(20)21-4/h5-7,17H,8H2,1-4H3. The maximum absolute atomic E-state index is 13.4. The number of anilines is 1. The number of benzene rings is 1. The number of esters is 1. The molecule has 2 aromatic rings. The van der Waals surface area contributed by atoms with Crippen LogP contribution >= 0.6 is 0 Å². The minimum atomic E-state index is -0.503. The van der Waals surface area contributed by atoms with Gasteiger partial charge >= 0.3 is 5.97 Å². The smallest absolute Gasteiger partial charge is 0.339 e. The van der Waals surface area contributed by atoms with E-state index in [1.165, 1.54) is 25.3 Å². The van der Waals surface area contributed by atoms with E-state index >= 15 is 0 Å². The minimum absolute atomic E-state index is 0.304. The summed E-state index contributed by atoms with van der Waals surface area (Å²) in [6, 6.07) is 3.93. The van der Waals surface area contributed by atoms with E-state index in [0.29, 0.717) is 17.8 Å². The van der Waals surface area contributed by atoms with Gasteiger partial charge in [0.25, 0.3) is 0 Å². The van der Waals surface area contributed by atoms with Gasteiger partial charge in [0.2, 0.25) is 0 Å². The van der Waals surface area contributed by atoms with Gasteiger partial charge in [0.1, 0.15) is 5.82 Å². The zero-order valence-corrected chi connectivity index (χ0v) is 12.5. The molecule has 6 heteroatoms. The first-order valence-electron chi connectivity index (χ1n) is 6.55. The second-order valence-corrected chi connectivity index (χ2v) is 4.81. The Hall–Kier alpha value is -2.37. The van der Waals surface area contributed by atoms with Gasteiger partial charge in [0, 0.05) is 24.8 Å². The first-order chi connectivity index (χ1) is 9.93. The Bertz CT molecular complexity index is 680. The van der Waals surface area contributed by atoms with Gasteiger partial charge in [0.15, 0.2) is 0 Å². The van der Waals surface area contributed by atoms with E-state index in [1.54, 1.807) is 4.68 Å². The molecule has 0 aliphatic carbocycles. The van der Waals surface area contributed by atoms with Gasteiger partial charge in [-0.15, -0.1) is 0 Å². The summed E-state index contributed by atoms with van der Waals surface area (Å²) in [7, 11) is 3.17. The van der Waals surface area contributed by atoms with Gasteiger partial charge in [-0.05, 0) is 32.0 Å². The maximum atomic E-state index is 13.4. The molecular weight excluding hydrogens is 273 g/mol. The molecule has 0 bridgehead atoms. The molecule has 0 aliphatic rings. The number of nitrogens with one attached hydrogen (secondary N) is 1. The van der Waals surface area contributed by atoms with Crippen LogP contribution in [-0.4, -0.2) is 22.9 Å². The fourth-order valence-corrected chi connectivity index (χ4v) is 2.21. The van der Waals surface area contributed by atoms with Crippen molar-refractivity contribution in [3.8, 4) is 0 Å². The van der Waals surface area contributed by atoms with Crippen LogP contribution in [0.1, 0.15) is 27.3 Å². The van der Waals surface area contributed by atoms with Crippen molar-refractivity contribution in [3.05, 3.63) is 46.5 Å². The molecule has 0 saturated heterocycles. The summed E-state index contributed by atoms with van der Waals surface area (Å²) in [5.41, 5.74) is 3.66. The van der Waals surface area contributed by atoms with Crippen LogP contribution in [-0.2, 0) is 18.3 Å². The van der Waals surface area contributed by atoms with Crippen LogP contribution in [0.2, 0.25) is 0 Å². The number of aryl methyl sites for hydroxylation is 2. The number of carbonyl (C=O) groups is 1. The number of hydrogen-bond donors (Lipinski definition) is 1. The van der Waals surface area contributed by atoms with Crippen LogP contribution in [0.25, 0.3) is 0 Å². The van der Waals surface area contributed by atoms with Crippen molar-refractivity contribution < 1.29 is 13.9 Å². The number of aromatic nitrogens is 2. The monoisotopic (exact) mass is 291 g/mol. The zero-order valence-electron chi connectivity index (χ0n) is 12.5. The van der Waals surface area contributed by atoms with Crippen molar-refractivity contribution in [2.24, 2.45) is 7.05 Å². The van der Waals surface area contributed by atoms with E-state index in [0.717, 1.165) is 17.0 Å². The molecule has 0 aliphatic heterocycles. The molecule has 1 N–H and O–H groups in total. The van der Waals surface area contributed by atoms with Gasteiger partial charge in [-0.3, -0.25) is 4.68 Å². The molecule has 1 heterocycles. The average Bonchev–Trinajstić information content (AvgIpc) is 2.69. The Kier molecular flexibility index (Phi) is 4.26. The third-order valence-corrected chi connectivity index (χ3v) is 3.50. The fourth-order valence-electron chi connectivity index (χ4n) is 2.21. The maximum Gasteiger partial charge on any atom is 0.339 e. The number of rotatable bonds is 4. The number of halogens is 1. The molecule has 0 unspecified atom stereocenters. The van der Waals surface area contributed by atoms with Crippen LogP contribution in [0.3, 0.4) is 0 Å². The van der Waals surface area contributed by atoms with E-state index in [9.17, 15) is 9.18 Å². The molecule has 0 amide bonds. The summed E-state index contributed by atoms with van der Waals surface area (Å²) in [6.07, 6.45) is 0. The predicted molar refractivity (Wildman–Crippen MR) is 77.7 cm³/mol. The van der Waals surface area contributed by atoms with Gasteiger partial charge in [-0.25, -0.2) is 9.18 Å². The molecule has 0 saturated carbocycles. The lowest BCUT2D eigenvalue weighted by molar-refractivity contribution is 0.0602. The summed E-state index contributed by atoms with van der Waals surface area (Å²) in [5, 5.41) is 7.41. The van der Waals surface area contributed by atoms with Gasteiger partial charge in [0.05, 0.1) is 24.1 Å². The summed E-state index contributed by atoms with van der Waals surface area (Å²) in [5.74, 6) is -0.915. The zero-order chi connectivity index (χ0) is 15.6. The molecule has 0 atom stereocenters. The Balaban J connectivity index is 2.27. The molecular formula is C15H18FN3O2. The summed E-state index contributed by atoms with van der Waals surface area (Å²) in [6.45, 7) is 4.33. The lowest BCUT2D eigenvalue weighted by atomic mass is 10.1. The summed E-state index contributed by atoms with van der Waals surface area (Å²) < 4.78 is 19.9. The van der Waals surface area contributed by atoms with Gasteiger partial charge in [-0.2, -0.15) is 5.10 Å². The van der Waals surface area contributed by atoms with Crippen LogP contribution in [0.4, 0.5) is 10.1 Å². The average molecular weight is 291 g/mol. The minimum Gasteiger partial charge on any atom is -0.465 e. The van der Waals surface area contributed by atoms with Crippen molar-refractivity contribution in [3.63, 3.8) is 0 Å². The van der Waals surface area contributed by atoms with E-state index < -0.39 is 11.8 Å². The topological polar surface area (TPSA) is 56.1 Å². The lowest BCUT2D eigenvalue weighted by Crippen LogP contribution is -2.09. The molecule has 0 fully saturated rings. The number of carbonyl (C=O) groups excluding carboxylic acids is 1. The van der Waals surface area contributed by atoms with Crippen molar-refractivity contribution in [1.29, 1.82) is 0 Å². The molecule has 1 aromatic carbocycles. The molecule has 0 radical (unpaired) electrons. The normalized spacial score (nSPS) is 10.5. The Morgan fingerprint density at radius 2 is 2.14 bits per heavy atom. The second kappa shape index (κ2) is 5.95. The molecule has 2 rings (SSSR count). The van der Waals surface area contributed by atoms with Crippen molar-refractivity contribution >= 4 is 11.7 Å². The van der Waals surface area contributed by atoms with E-state index in [4.69, 9.17) is 4.74 Å². The highest BCUT2D eigenvalue weighted by Gasteiger charge is 2.14. The van der Waals surface area contributed by atoms with Gasteiger partial charge < -0.3 is 10.1 Å². The van der Waals surface area contributed by atoms with Crippen LogP contribution in [0.5, 0.6) is 0 Å². The quantitative estimate of drug-likeness (QED) is 0.880. The molecule has 112 valence electrons. The van der Waals surface area contributed by atoms with E-state index in [1.807, 2.05) is 20.9 Å². The number of ether oxygens (including phenoxy) is 1. The Morgan fingerprint density at radius 1 is 1.43 bits per heavy atom. The van der Waals surface area contributed by atoms with Crippen LogP contribution < -0.4 is 5.32 Å². The summed E-state index contributed by atoms with van der Waals surface area (Å²) >= 11 is 0. The van der Waals surface area contributed by atoms with Gasteiger partial charge in [-0.1, -0.05) is 0 Å². The highest BCUT2D eigenvalue weighted by atomic mass is 19.1. The van der Waals surface area contributed by atoms with Crippen LogP contribution in [0.15, 0.2) is 18.2 Å². The van der Waals surface area contributed by atoms with Crippen molar-refractivity contribution in [1.82, 2.24) is 9.78 Å². The Morgan fingerprint density at radius 3 is 2.71 bits per heavy atom. The third kappa shape index (κ3) is 3.04. The van der Waals surface area contributed by atoms with E-state index in [-0.39, 0.29) is 0 Å². The second-order valence-electron chi connectivity index (χ2n) is 4.81. The highest BCUT2D eigenvalue weighted by Crippen LogP contribution is 2.20. The fraction of sp³-hybridized carbons (Fsp3) is 0.333. The Labute approximate surface area is 122 Å². The first-order valence-corrected chi connectivity index (χ1v) is 6.55. The highest BCUT2D eigenvalue weighted by molar-refractivity contribution is 5.95. The molecule has 21 heavy (non-hydrogen) atoms. The third-order valence-electron chi connectivity index (χ3n) is 3.50. The van der Waals surface area contributed by atoms with E-state index in [2.05, 4.69) is 10.4 Å². The lowest BCUT2D eigenvalue weighted by Gasteiger charge is -2.11. The van der Waals surface area contributed by atoms with Crippen molar-refractivity contribution in [2.45, 2.75) is 20.4 Å². The summed E-state index contributed by atoms with van der Waals surface area (Å²) in [4.78, 5) is 11.7. The van der Waals surface area contributed by atoms with Crippen molar-refractivity contribution in [2.75, 3.05) is 12.4 Å². The molecule has 1 aromatic heterocycles. The number of hydrogen-bond acceptors (Lipinski definition) is 4. The molecule has 5 nitrogen and oxygen atoms in total. The largest absolute Gasteiger partial charge is 0.465 e. The first kappa shape index (κ1) is 15.0.